The molecule has 2 aromatic heterocycles. The molecule has 0 saturated carbocycles. The van der Waals surface area contributed by atoms with Crippen molar-refractivity contribution in [3.05, 3.63) is 67.0 Å². The number of carbonyl (C=O) groups is 1. The predicted molar refractivity (Wildman–Crippen MR) is 156 cm³/mol. The Morgan fingerprint density at radius 2 is 1.90 bits per heavy atom. The third-order valence-corrected chi connectivity index (χ3v) is 7.64. The van der Waals surface area contributed by atoms with E-state index in [0.29, 0.717) is 23.1 Å². The Balaban J connectivity index is 1.38. The van der Waals surface area contributed by atoms with Gasteiger partial charge in [-0.3, -0.25) is 4.79 Å². The number of likely N-dealkylation sites (N-methyl/N-ethyl adjacent to an activating group) is 1. The highest BCUT2D eigenvalue weighted by molar-refractivity contribution is 6.02. The van der Waals surface area contributed by atoms with Crippen molar-refractivity contribution in [2.45, 2.75) is 19.4 Å². The summed E-state index contributed by atoms with van der Waals surface area (Å²) in [4.78, 5) is 26.3. The molecular weight excluding hydrogens is 490 g/mol. The summed E-state index contributed by atoms with van der Waals surface area (Å²) >= 11 is 0. The Morgan fingerprint density at radius 1 is 1.08 bits per heavy atom. The molecule has 200 valence electrons. The van der Waals surface area contributed by atoms with Crippen LogP contribution in [0, 0.1) is 0 Å². The fourth-order valence-electron chi connectivity index (χ4n) is 5.67. The van der Waals surface area contributed by atoms with Gasteiger partial charge in [-0.2, -0.15) is 0 Å². The summed E-state index contributed by atoms with van der Waals surface area (Å²) in [5.41, 5.74) is 6.88. The average Bonchev–Trinajstić information content (AvgIpc) is 3.55. The summed E-state index contributed by atoms with van der Waals surface area (Å²) in [6, 6.07) is 14.3. The zero-order valence-electron chi connectivity index (χ0n) is 22.4. The molecule has 1 fully saturated rings. The third kappa shape index (κ3) is 4.70. The summed E-state index contributed by atoms with van der Waals surface area (Å²) in [6.45, 7) is 8.23. The van der Waals surface area contributed by atoms with Gasteiger partial charge in [0.05, 0.1) is 29.9 Å². The summed E-state index contributed by atoms with van der Waals surface area (Å²) in [7, 11) is 3.76. The quantitative estimate of drug-likeness (QED) is 0.340. The van der Waals surface area contributed by atoms with E-state index in [1.54, 1.807) is 13.3 Å². The SMILES string of the molecule is C=CC(=O)Nc1cc(Nc2nccc(-c3c4n(c5ccccc35)CCC4)n2)c(OC)cc1N1CCN(C)CC1. The normalized spacial score (nSPS) is 15.3. The van der Waals surface area contributed by atoms with Gasteiger partial charge in [0.15, 0.2) is 0 Å². The molecule has 39 heavy (non-hydrogen) atoms. The van der Waals surface area contributed by atoms with E-state index < -0.39 is 0 Å². The van der Waals surface area contributed by atoms with Gasteiger partial charge in [-0.25, -0.2) is 9.97 Å². The topological polar surface area (TPSA) is 87.5 Å². The van der Waals surface area contributed by atoms with Gasteiger partial charge in [-0.15, -0.1) is 0 Å². The van der Waals surface area contributed by atoms with Crippen LogP contribution in [-0.4, -0.2) is 65.7 Å². The highest BCUT2D eigenvalue weighted by Gasteiger charge is 2.24. The number of nitrogens with one attached hydrogen (secondary N) is 2. The molecule has 0 spiro atoms. The third-order valence-electron chi connectivity index (χ3n) is 7.64. The highest BCUT2D eigenvalue weighted by atomic mass is 16.5. The van der Waals surface area contributed by atoms with Gasteiger partial charge >= 0.3 is 0 Å². The molecule has 4 heterocycles. The minimum Gasteiger partial charge on any atom is -0.494 e. The van der Waals surface area contributed by atoms with Gasteiger partial charge in [-0.05, 0) is 44.2 Å². The van der Waals surface area contributed by atoms with Crippen LogP contribution in [0.1, 0.15) is 12.1 Å². The lowest BCUT2D eigenvalue weighted by Crippen LogP contribution is -2.44. The Morgan fingerprint density at radius 3 is 2.69 bits per heavy atom. The van der Waals surface area contributed by atoms with E-state index in [0.717, 1.165) is 56.9 Å². The minimum absolute atomic E-state index is 0.269. The Kier molecular flexibility index (Phi) is 6.66. The number of piperazine rings is 1. The number of rotatable bonds is 7. The summed E-state index contributed by atoms with van der Waals surface area (Å²) < 4.78 is 8.20. The number of hydrogen-bond acceptors (Lipinski definition) is 7. The molecule has 2 aliphatic heterocycles. The molecule has 9 nitrogen and oxygen atoms in total. The first-order valence-electron chi connectivity index (χ1n) is 13.3. The Labute approximate surface area is 228 Å². The largest absolute Gasteiger partial charge is 0.494 e. The van der Waals surface area contributed by atoms with Crippen molar-refractivity contribution in [3.63, 3.8) is 0 Å². The second-order valence-corrected chi connectivity index (χ2v) is 10.0. The van der Waals surface area contributed by atoms with Crippen LogP contribution in [0.15, 0.2) is 61.3 Å². The molecule has 2 aliphatic rings. The molecule has 0 aliphatic carbocycles. The van der Waals surface area contributed by atoms with Crippen LogP contribution in [0.4, 0.5) is 23.0 Å². The number of aryl methyl sites for hydroxylation is 1. The van der Waals surface area contributed by atoms with E-state index >= 15 is 0 Å². The molecule has 2 aromatic carbocycles. The van der Waals surface area contributed by atoms with E-state index in [1.165, 1.54) is 28.2 Å². The lowest BCUT2D eigenvalue weighted by atomic mass is 10.1. The van der Waals surface area contributed by atoms with Crippen LogP contribution in [0.2, 0.25) is 0 Å². The van der Waals surface area contributed by atoms with Crippen LogP contribution in [0.3, 0.4) is 0 Å². The molecule has 0 bridgehead atoms. The smallest absolute Gasteiger partial charge is 0.247 e. The van der Waals surface area contributed by atoms with E-state index in [2.05, 4.69) is 67.9 Å². The first kappa shape index (κ1) is 24.9. The zero-order chi connectivity index (χ0) is 26.9. The number of anilines is 4. The number of fused-ring (bicyclic) bond motifs is 3. The van der Waals surface area contributed by atoms with Crippen LogP contribution in [0.5, 0.6) is 5.75 Å². The van der Waals surface area contributed by atoms with Gasteiger partial charge < -0.3 is 29.7 Å². The van der Waals surface area contributed by atoms with Gasteiger partial charge in [0.2, 0.25) is 11.9 Å². The van der Waals surface area contributed by atoms with Gasteiger partial charge in [-0.1, -0.05) is 24.8 Å². The van der Waals surface area contributed by atoms with Crippen molar-refractivity contribution >= 4 is 39.8 Å². The van der Waals surface area contributed by atoms with Crippen LogP contribution in [0.25, 0.3) is 22.2 Å². The number of ether oxygens (including phenoxy) is 1. The van der Waals surface area contributed by atoms with Crippen LogP contribution in [-0.2, 0) is 17.8 Å². The molecule has 1 amide bonds. The van der Waals surface area contributed by atoms with Crippen molar-refractivity contribution in [2.75, 3.05) is 55.9 Å². The number of methoxy groups -OCH3 is 1. The number of carbonyl (C=O) groups excluding carboxylic acids is 1. The fraction of sp³-hybridized carbons (Fsp3) is 0.300. The van der Waals surface area contributed by atoms with E-state index in [9.17, 15) is 4.79 Å². The molecule has 0 radical (unpaired) electrons. The lowest BCUT2D eigenvalue weighted by molar-refractivity contribution is -0.111. The lowest BCUT2D eigenvalue weighted by Gasteiger charge is -2.35. The molecular formula is C30H33N7O2. The average molecular weight is 524 g/mol. The summed E-state index contributed by atoms with van der Waals surface area (Å²) in [5, 5.41) is 7.54. The number of para-hydroxylation sites is 1. The first-order valence-corrected chi connectivity index (χ1v) is 13.3. The second kappa shape index (κ2) is 10.4. The maximum atomic E-state index is 12.3. The minimum atomic E-state index is -0.269. The number of aromatic nitrogens is 3. The summed E-state index contributed by atoms with van der Waals surface area (Å²) in [6.07, 6.45) is 5.23. The first-order chi connectivity index (χ1) is 19.1. The second-order valence-electron chi connectivity index (χ2n) is 10.0. The zero-order valence-corrected chi connectivity index (χ0v) is 22.4. The maximum Gasteiger partial charge on any atom is 0.247 e. The van der Waals surface area contributed by atoms with E-state index in [4.69, 9.17) is 9.72 Å². The number of amides is 1. The Hall–Kier alpha value is -4.37. The predicted octanol–water partition coefficient (Wildman–Crippen LogP) is 4.67. The van der Waals surface area contributed by atoms with E-state index in [1.807, 2.05) is 18.2 Å². The van der Waals surface area contributed by atoms with Gasteiger partial charge in [0.1, 0.15) is 5.75 Å². The number of hydrogen-bond donors (Lipinski definition) is 2. The highest BCUT2D eigenvalue weighted by Crippen LogP contribution is 2.40. The van der Waals surface area contributed by atoms with Crippen molar-refractivity contribution in [3.8, 4) is 17.0 Å². The Bertz CT molecular complexity index is 1550. The molecule has 2 N–H and O–H groups in total. The standard InChI is InChI=1S/C30H33N7O2/c1-4-28(38)32-22-18-23(27(39-3)19-26(22)36-16-14-35(2)15-17-36)34-30-31-12-11-21(33-30)29-20-8-5-6-9-24(20)37-13-7-10-25(29)37/h4-6,8-9,11-12,18-19H,1,7,10,13-17H2,2-3H3,(H,32,38)(H,31,33,34). The molecule has 0 unspecified atom stereocenters. The van der Waals surface area contributed by atoms with Crippen LogP contribution >= 0.6 is 0 Å². The number of benzene rings is 2. The monoisotopic (exact) mass is 523 g/mol. The fourth-order valence-corrected chi connectivity index (χ4v) is 5.67. The molecule has 6 rings (SSSR count). The molecule has 0 atom stereocenters. The summed E-state index contributed by atoms with van der Waals surface area (Å²) in [5.74, 6) is 0.833. The maximum absolute atomic E-state index is 12.3. The van der Waals surface area contributed by atoms with Crippen LogP contribution < -0.4 is 20.3 Å². The molecule has 9 heteroatoms. The van der Waals surface area contributed by atoms with Crippen molar-refractivity contribution in [2.24, 2.45) is 0 Å². The van der Waals surface area contributed by atoms with Gasteiger partial charge in [0.25, 0.3) is 0 Å². The van der Waals surface area contributed by atoms with E-state index in [-0.39, 0.29) is 5.91 Å². The molecule has 4 aromatic rings. The van der Waals surface area contributed by atoms with Gasteiger partial charge in [0, 0.05) is 67.1 Å². The molecule has 1 saturated heterocycles. The number of nitrogens with zero attached hydrogens (tertiary/aromatic N) is 5. The van der Waals surface area contributed by atoms with Crippen molar-refractivity contribution in [1.82, 2.24) is 19.4 Å². The van der Waals surface area contributed by atoms with Crippen molar-refractivity contribution < 1.29 is 9.53 Å². The van der Waals surface area contributed by atoms with Crippen molar-refractivity contribution in [1.29, 1.82) is 0 Å².